The van der Waals surface area contributed by atoms with Crippen molar-refractivity contribution in [1.82, 2.24) is 45.6 Å². The largest absolute Gasteiger partial charge is 0.348 e. The zero-order valence-electron chi connectivity index (χ0n) is 32.0. The van der Waals surface area contributed by atoms with Gasteiger partial charge in [-0.1, -0.05) is 42.8 Å². The van der Waals surface area contributed by atoms with Crippen molar-refractivity contribution in [3.8, 4) is 0 Å². The quantitative estimate of drug-likeness (QED) is 0.117. The van der Waals surface area contributed by atoms with Crippen LogP contribution in [0.15, 0.2) is 136 Å². The Kier molecular flexibility index (Phi) is 12.5. The van der Waals surface area contributed by atoms with Crippen LogP contribution in [-0.2, 0) is 39.3 Å². The number of aromatic amines is 1. The van der Waals surface area contributed by atoms with Gasteiger partial charge in [-0.25, -0.2) is 26.8 Å². The summed E-state index contributed by atoms with van der Waals surface area (Å²) in [7, 11) is -7.38. The Bertz CT molecular complexity index is 3020. The van der Waals surface area contributed by atoms with E-state index in [1.807, 2.05) is 19.1 Å². The maximum atomic E-state index is 12.8. The molecule has 0 unspecified atom stereocenters. The summed E-state index contributed by atoms with van der Waals surface area (Å²) < 4.78 is 53.8. The number of hydrogen-bond acceptors (Lipinski definition) is 12. The van der Waals surface area contributed by atoms with Crippen LogP contribution >= 0.6 is 22.9 Å². The summed E-state index contributed by atoms with van der Waals surface area (Å²) in [5.74, 6) is -0.459. The highest BCUT2D eigenvalue weighted by Crippen LogP contribution is 2.26. The smallest absolute Gasteiger partial charge is 0.261 e. The molecule has 15 nitrogen and oxygen atoms in total. The number of rotatable bonds is 12. The van der Waals surface area contributed by atoms with Crippen LogP contribution in [0.4, 0.5) is 0 Å². The van der Waals surface area contributed by atoms with Crippen molar-refractivity contribution in [3.63, 3.8) is 0 Å². The lowest BCUT2D eigenvalue weighted by molar-refractivity contribution is 0.0944. The SMILES string of the molecule is CCCn1cc(S(=O)(=O)c2ccc(CNC(=O)c3cc4ccncc4s3)cc2)cn1.Cc1cc(Cl)cnc1S(=O)(=O)c1ccc(CNC(=O)c2cnc3[nH]ncc3c2)cc1. The Morgan fingerprint density at radius 2 is 1.45 bits per heavy atom. The summed E-state index contributed by atoms with van der Waals surface area (Å²) in [5.41, 5.74) is 3.05. The summed E-state index contributed by atoms with van der Waals surface area (Å²) in [6.07, 6.45) is 11.6. The molecule has 0 aliphatic carbocycles. The zero-order valence-corrected chi connectivity index (χ0v) is 35.2. The maximum Gasteiger partial charge on any atom is 0.261 e. The molecule has 2 aromatic carbocycles. The van der Waals surface area contributed by atoms with E-state index in [1.165, 1.54) is 42.1 Å². The minimum atomic E-state index is -3.77. The highest BCUT2D eigenvalue weighted by molar-refractivity contribution is 7.91. The lowest BCUT2D eigenvalue weighted by Gasteiger charge is -2.09. The van der Waals surface area contributed by atoms with E-state index >= 15 is 0 Å². The molecule has 8 rings (SSSR count). The van der Waals surface area contributed by atoms with E-state index < -0.39 is 19.7 Å². The minimum absolute atomic E-state index is 0.0323. The van der Waals surface area contributed by atoms with E-state index in [1.54, 1.807) is 84.9 Å². The van der Waals surface area contributed by atoms with E-state index in [0.29, 0.717) is 39.8 Å². The van der Waals surface area contributed by atoms with Crippen LogP contribution in [0.2, 0.25) is 5.02 Å². The fourth-order valence-corrected chi connectivity index (χ4v) is 9.74. The number of fused-ring (bicyclic) bond motifs is 2. The lowest BCUT2D eigenvalue weighted by Crippen LogP contribution is -2.22. The van der Waals surface area contributed by atoms with Gasteiger partial charge in [0.05, 0.1) is 42.3 Å². The fraction of sp³-hybridized carbons (Fsp3) is 0.146. The fourth-order valence-electron chi connectivity index (χ4n) is 5.98. The van der Waals surface area contributed by atoms with Gasteiger partial charge in [0, 0.05) is 56.0 Å². The number of carbonyl (C=O) groups is 2. The Hall–Kier alpha value is -6.34. The number of hydrogen-bond donors (Lipinski definition) is 3. The Balaban J connectivity index is 0.000000181. The van der Waals surface area contributed by atoms with Gasteiger partial charge >= 0.3 is 0 Å². The predicted octanol–water partition coefficient (Wildman–Crippen LogP) is 6.74. The van der Waals surface area contributed by atoms with Crippen molar-refractivity contribution in [1.29, 1.82) is 0 Å². The monoisotopic (exact) mass is 881 g/mol. The first-order valence-corrected chi connectivity index (χ1v) is 22.5. The molecule has 6 heterocycles. The second-order valence-corrected chi connectivity index (χ2v) is 18.8. The van der Waals surface area contributed by atoms with Crippen LogP contribution < -0.4 is 10.6 Å². The first kappa shape index (κ1) is 41.8. The average Bonchev–Trinajstić information content (AvgIpc) is 4.03. The number of nitrogens with one attached hydrogen (secondary N) is 3. The average molecular weight is 882 g/mol. The minimum Gasteiger partial charge on any atom is -0.348 e. The molecule has 0 atom stereocenters. The maximum absolute atomic E-state index is 12.8. The molecule has 2 amide bonds. The number of carbonyl (C=O) groups excluding carboxylic acids is 2. The number of thiophene rings is 1. The highest BCUT2D eigenvalue weighted by atomic mass is 35.5. The Morgan fingerprint density at radius 3 is 2.12 bits per heavy atom. The van der Waals surface area contributed by atoms with Crippen molar-refractivity contribution in [3.05, 3.63) is 148 Å². The topological polar surface area (TPSA) is 212 Å². The van der Waals surface area contributed by atoms with E-state index in [0.717, 1.165) is 33.0 Å². The number of amides is 2. The molecular formula is C41H36ClN9O6S3. The summed E-state index contributed by atoms with van der Waals surface area (Å²) in [4.78, 5) is 38.1. The molecule has 19 heteroatoms. The first-order valence-electron chi connectivity index (χ1n) is 18.3. The van der Waals surface area contributed by atoms with E-state index in [2.05, 4.69) is 40.9 Å². The molecule has 0 radical (unpaired) electrons. The van der Waals surface area contributed by atoms with Gasteiger partial charge in [-0.2, -0.15) is 10.2 Å². The molecule has 0 saturated heterocycles. The summed E-state index contributed by atoms with van der Waals surface area (Å²) >= 11 is 7.25. The molecule has 0 spiro atoms. The van der Waals surface area contributed by atoms with Crippen LogP contribution in [0.3, 0.4) is 0 Å². The molecule has 0 aliphatic rings. The molecule has 6 aromatic heterocycles. The number of halogens is 1. The molecule has 3 N–H and O–H groups in total. The van der Waals surface area contributed by atoms with Crippen molar-refractivity contribution in [2.45, 2.75) is 59.6 Å². The Morgan fingerprint density at radius 1 is 0.767 bits per heavy atom. The number of nitrogens with zero attached hydrogens (tertiary/aromatic N) is 6. The normalized spacial score (nSPS) is 11.6. The standard InChI is InChI=1S/C21H20N4O3S2.C20H16ClN5O3S/c1-2-9-25-14-18(12-24-25)30(27,28)17-5-3-15(4-6-17)11-23-21(26)19-10-16-7-8-22-13-20(16)29-19;1-12-6-16(21)11-24-20(12)30(28,29)17-4-2-13(3-5-17)8-23-19(27)15-7-14-10-25-26-18(14)22-9-15/h3-8,10,12-14H,2,9,11H2,1H3,(H,23,26);2-7,9-11H,8H2,1H3,(H,23,27)(H,22,25,26). The predicted molar refractivity (Wildman–Crippen MR) is 226 cm³/mol. The van der Waals surface area contributed by atoms with Crippen molar-refractivity contribution >= 4 is 75.5 Å². The number of aromatic nitrogens is 7. The van der Waals surface area contributed by atoms with Crippen LogP contribution in [-0.4, -0.2) is 63.6 Å². The zero-order chi connectivity index (χ0) is 42.4. The van der Waals surface area contributed by atoms with E-state index in [9.17, 15) is 26.4 Å². The third kappa shape index (κ3) is 9.42. The second kappa shape index (κ2) is 17.9. The van der Waals surface area contributed by atoms with Gasteiger partial charge in [0.15, 0.2) is 10.7 Å². The van der Waals surface area contributed by atoms with Crippen molar-refractivity contribution in [2.75, 3.05) is 0 Å². The summed E-state index contributed by atoms with van der Waals surface area (Å²) in [6, 6.07) is 19.8. The molecule has 0 bridgehead atoms. The number of H-pyrrole nitrogens is 1. The highest BCUT2D eigenvalue weighted by Gasteiger charge is 2.22. The molecule has 306 valence electrons. The van der Waals surface area contributed by atoms with Gasteiger partial charge in [0.25, 0.3) is 11.8 Å². The number of benzene rings is 2. The molecule has 60 heavy (non-hydrogen) atoms. The van der Waals surface area contributed by atoms with Crippen molar-refractivity contribution in [2.24, 2.45) is 0 Å². The van der Waals surface area contributed by atoms with Crippen LogP contribution in [0, 0.1) is 6.92 Å². The van der Waals surface area contributed by atoms with Crippen LogP contribution in [0.1, 0.15) is 50.1 Å². The van der Waals surface area contributed by atoms with Gasteiger partial charge in [-0.3, -0.25) is 24.4 Å². The number of aryl methyl sites for hydroxylation is 2. The van der Waals surface area contributed by atoms with Gasteiger partial charge in [0.1, 0.15) is 4.90 Å². The van der Waals surface area contributed by atoms with Gasteiger partial charge < -0.3 is 10.6 Å². The van der Waals surface area contributed by atoms with Gasteiger partial charge in [-0.15, -0.1) is 11.3 Å². The molecular weight excluding hydrogens is 846 g/mol. The Labute approximate surface area is 353 Å². The molecule has 0 saturated carbocycles. The molecule has 0 fully saturated rings. The second-order valence-electron chi connectivity index (χ2n) is 13.4. The third-order valence-corrected chi connectivity index (χ3v) is 13.9. The molecule has 0 aliphatic heterocycles. The lowest BCUT2D eigenvalue weighted by atomic mass is 10.2. The van der Waals surface area contributed by atoms with E-state index in [-0.39, 0.29) is 38.1 Å². The summed E-state index contributed by atoms with van der Waals surface area (Å²) in [5, 5.41) is 18.4. The van der Waals surface area contributed by atoms with Crippen LogP contribution in [0.25, 0.3) is 21.1 Å². The van der Waals surface area contributed by atoms with Gasteiger partial charge in [-0.05, 0) is 84.0 Å². The van der Waals surface area contributed by atoms with Crippen molar-refractivity contribution < 1.29 is 26.4 Å². The molecule has 8 aromatic rings. The third-order valence-electron chi connectivity index (χ3n) is 9.10. The van der Waals surface area contributed by atoms with Gasteiger partial charge in [0.2, 0.25) is 19.7 Å². The number of sulfone groups is 2. The van der Waals surface area contributed by atoms with Crippen LogP contribution in [0.5, 0.6) is 0 Å². The van der Waals surface area contributed by atoms with E-state index in [4.69, 9.17) is 11.6 Å². The summed E-state index contributed by atoms with van der Waals surface area (Å²) in [6.45, 7) is 4.86. The first-order chi connectivity index (χ1) is 28.8. The number of pyridine rings is 3.